The Balaban J connectivity index is 3.68. The van der Waals surface area contributed by atoms with Gasteiger partial charge in [-0.1, -0.05) is 79.8 Å². The second-order valence-electron chi connectivity index (χ2n) is 5.59. The molecule has 0 aromatic carbocycles. The lowest BCUT2D eigenvalue weighted by atomic mass is 10.2. The number of aliphatic carboxylic acids is 1. The van der Waals surface area contributed by atoms with Crippen molar-refractivity contribution in [2.24, 2.45) is 0 Å². The number of carboxylic acid groups (broad SMARTS) is 1. The molecule has 0 unspecified atom stereocenters. The van der Waals surface area contributed by atoms with Gasteiger partial charge in [0, 0.05) is 6.08 Å². The molecule has 0 heterocycles. The van der Waals surface area contributed by atoms with Crippen LogP contribution in [0.4, 0.5) is 0 Å². The molecule has 1 N–H and O–H groups in total. The first-order valence-electron chi connectivity index (χ1n) is 9.01. The predicted octanol–water partition coefficient (Wildman–Crippen LogP) is 6.72. The molecule has 0 fully saturated rings. The van der Waals surface area contributed by atoms with Crippen molar-refractivity contribution in [3.63, 3.8) is 0 Å². The van der Waals surface area contributed by atoms with Gasteiger partial charge in [0.15, 0.2) is 0 Å². The highest BCUT2D eigenvalue weighted by molar-refractivity contribution is 5.81. The molecule has 0 aliphatic heterocycles. The summed E-state index contributed by atoms with van der Waals surface area (Å²) < 4.78 is 0. The Morgan fingerprint density at radius 2 is 1.28 bits per heavy atom. The second kappa shape index (κ2) is 18.0. The molecule has 0 rings (SSSR count). The van der Waals surface area contributed by atoms with E-state index in [1.807, 2.05) is 12.2 Å². The molecule has 0 aromatic heterocycles. The zero-order valence-electron chi connectivity index (χ0n) is 15.6. The molecule has 136 valence electrons. The van der Waals surface area contributed by atoms with E-state index in [9.17, 15) is 4.79 Å². The molecule has 0 aliphatic carbocycles. The van der Waals surface area contributed by atoms with Crippen LogP contribution in [0.2, 0.25) is 0 Å². The fourth-order valence-corrected chi connectivity index (χ4v) is 1.92. The van der Waals surface area contributed by atoms with E-state index in [1.165, 1.54) is 6.08 Å². The van der Waals surface area contributed by atoms with Crippen LogP contribution in [0.25, 0.3) is 0 Å². The van der Waals surface area contributed by atoms with Crippen LogP contribution >= 0.6 is 0 Å². The minimum Gasteiger partial charge on any atom is -0.478 e. The Bertz CT molecular complexity index is 540. The average molecular weight is 341 g/mol. The van der Waals surface area contributed by atoms with Crippen molar-refractivity contribution in [1.29, 1.82) is 0 Å². The van der Waals surface area contributed by atoms with Crippen molar-refractivity contribution >= 4 is 5.97 Å². The first-order valence-corrected chi connectivity index (χ1v) is 9.01. The highest BCUT2D eigenvalue weighted by Crippen LogP contribution is 1.99. The van der Waals surface area contributed by atoms with Crippen LogP contribution in [0.1, 0.15) is 52.4 Å². The van der Waals surface area contributed by atoms with Crippen LogP contribution < -0.4 is 0 Å². The van der Waals surface area contributed by atoms with Gasteiger partial charge >= 0.3 is 5.97 Å². The molecule has 2 heteroatoms. The van der Waals surface area contributed by atoms with Gasteiger partial charge in [0.1, 0.15) is 0 Å². The number of carboxylic acids is 1. The summed E-state index contributed by atoms with van der Waals surface area (Å²) in [7, 11) is 0. The Morgan fingerprint density at radius 3 is 1.84 bits per heavy atom. The molecule has 0 spiro atoms. The maximum Gasteiger partial charge on any atom is 0.328 e. The highest BCUT2D eigenvalue weighted by Gasteiger charge is 1.87. The lowest BCUT2D eigenvalue weighted by Gasteiger charge is -1.88. The fraction of sp³-hybridized carbons (Fsp3) is 0.348. The van der Waals surface area contributed by atoms with Gasteiger partial charge in [0.25, 0.3) is 0 Å². The van der Waals surface area contributed by atoms with Crippen molar-refractivity contribution in [2.75, 3.05) is 0 Å². The lowest BCUT2D eigenvalue weighted by Crippen LogP contribution is -1.87. The van der Waals surface area contributed by atoms with E-state index in [4.69, 9.17) is 5.11 Å². The highest BCUT2D eigenvalue weighted by atomic mass is 16.4. The smallest absolute Gasteiger partial charge is 0.328 e. The lowest BCUT2D eigenvalue weighted by molar-refractivity contribution is -0.131. The molecule has 0 saturated carbocycles. The van der Waals surface area contributed by atoms with E-state index in [1.54, 1.807) is 13.0 Å². The van der Waals surface area contributed by atoms with Gasteiger partial charge in [-0.05, 0) is 51.0 Å². The Labute approximate surface area is 153 Å². The number of carbonyl (C=O) groups is 1. The molecule has 2 nitrogen and oxygen atoms in total. The van der Waals surface area contributed by atoms with Crippen LogP contribution in [0.5, 0.6) is 0 Å². The maximum atomic E-state index is 10.4. The Kier molecular flexibility index (Phi) is 16.3. The Morgan fingerprint density at radius 1 is 0.760 bits per heavy atom. The summed E-state index contributed by atoms with van der Waals surface area (Å²) in [6.07, 6.45) is 32.6. The van der Waals surface area contributed by atoms with Gasteiger partial charge in [-0.25, -0.2) is 4.79 Å². The SMILES string of the molecule is CC/C=C\C/C=C\CC=CCC=CCC/C=C/C=C/C(C)=C/C(=O)O. The second-order valence-corrected chi connectivity index (χ2v) is 5.59. The molecule has 0 aliphatic rings. The fourth-order valence-electron chi connectivity index (χ4n) is 1.92. The largest absolute Gasteiger partial charge is 0.478 e. The van der Waals surface area contributed by atoms with Crippen LogP contribution in [-0.2, 0) is 4.79 Å². The molecule has 0 atom stereocenters. The first kappa shape index (κ1) is 22.6. The van der Waals surface area contributed by atoms with Crippen LogP contribution in [0.15, 0.2) is 84.6 Å². The van der Waals surface area contributed by atoms with Crippen molar-refractivity contribution in [2.45, 2.75) is 52.4 Å². The topological polar surface area (TPSA) is 37.3 Å². The van der Waals surface area contributed by atoms with Gasteiger partial charge in [0.2, 0.25) is 0 Å². The van der Waals surface area contributed by atoms with Gasteiger partial charge in [-0.3, -0.25) is 0 Å². The minimum atomic E-state index is -0.912. The van der Waals surface area contributed by atoms with Crippen molar-refractivity contribution < 1.29 is 9.90 Å². The molecular weight excluding hydrogens is 308 g/mol. The predicted molar refractivity (Wildman–Crippen MR) is 110 cm³/mol. The third-order valence-electron chi connectivity index (χ3n) is 3.18. The minimum absolute atomic E-state index is 0.733. The number of allylic oxidation sites excluding steroid dienone is 13. The molecule has 25 heavy (non-hydrogen) atoms. The summed E-state index contributed by atoms with van der Waals surface area (Å²) in [5.41, 5.74) is 0.733. The number of hydrogen-bond acceptors (Lipinski definition) is 1. The van der Waals surface area contributed by atoms with Gasteiger partial charge in [-0.15, -0.1) is 0 Å². The molecule has 0 saturated heterocycles. The van der Waals surface area contributed by atoms with Gasteiger partial charge in [0.05, 0.1) is 0 Å². The van der Waals surface area contributed by atoms with E-state index in [-0.39, 0.29) is 0 Å². The summed E-state index contributed by atoms with van der Waals surface area (Å²) in [6, 6.07) is 0. The number of unbranched alkanes of at least 4 members (excludes halogenated alkanes) is 1. The summed E-state index contributed by atoms with van der Waals surface area (Å²) in [5.74, 6) is -0.912. The monoisotopic (exact) mass is 340 g/mol. The van der Waals surface area contributed by atoms with Gasteiger partial charge in [-0.2, -0.15) is 0 Å². The zero-order chi connectivity index (χ0) is 18.6. The Hall–Kier alpha value is -2.35. The number of rotatable bonds is 13. The molecule has 0 bridgehead atoms. The quantitative estimate of drug-likeness (QED) is 0.175. The van der Waals surface area contributed by atoms with Crippen molar-refractivity contribution in [3.8, 4) is 0 Å². The maximum absolute atomic E-state index is 10.4. The standard InChI is InChI=1S/C23H32O2/c1-3-4-5-6-7-8-9-10-11-12-13-14-15-16-17-18-19-20-22(2)21-23(24)25/h4-5,7-8,10-11,13-14,17-21H,3,6,9,12,15-16H2,1-2H3,(H,24,25)/b5-4-,8-7-,11-10?,14-13?,18-17+,20-19+,22-21+. The van der Waals surface area contributed by atoms with Crippen molar-refractivity contribution in [1.82, 2.24) is 0 Å². The molecule has 0 amide bonds. The van der Waals surface area contributed by atoms with E-state index in [0.717, 1.165) is 44.1 Å². The average Bonchev–Trinajstić information content (AvgIpc) is 2.57. The zero-order valence-corrected chi connectivity index (χ0v) is 15.6. The van der Waals surface area contributed by atoms with E-state index in [2.05, 4.69) is 61.6 Å². The number of hydrogen-bond donors (Lipinski definition) is 1. The van der Waals surface area contributed by atoms with E-state index in [0.29, 0.717) is 0 Å². The third-order valence-corrected chi connectivity index (χ3v) is 3.18. The summed E-state index contributed by atoms with van der Waals surface area (Å²) >= 11 is 0. The van der Waals surface area contributed by atoms with Crippen LogP contribution in [0, 0.1) is 0 Å². The third kappa shape index (κ3) is 19.6. The van der Waals surface area contributed by atoms with E-state index < -0.39 is 5.97 Å². The van der Waals surface area contributed by atoms with E-state index >= 15 is 0 Å². The molecule has 0 aromatic rings. The summed E-state index contributed by atoms with van der Waals surface area (Å²) in [5, 5.41) is 8.58. The van der Waals surface area contributed by atoms with Crippen LogP contribution in [0.3, 0.4) is 0 Å². The van der Waals surface area contributed by atoms with Gasteiger partial charge < -0.3 is 5.11 Å². The molecule has 0 radical (unpaired) electrons. The summed E-state index contributed by atoms with van der Waals surface area (Å²) in [6.45, 7) is 3.92. The first-order chi connectivity index (χ1) is 12.2. The summed E-state index contributed by atoms with van der Waals surface area (Å²) in [4.78, 5) is 10.4. The van der Waals surface area contributed by atoms with Crippen molar-refractivity contribution in [3.05, 3.63) is 84.6 Å². The normalized spacial score (nSPS) is 13.8. The van der Waals surface area contributed by atoms with Crippen LogP contribution in [-0.4, -0.2) is 11.1 Å². The molecular formula is C23H32O2.